The molecule has 0 fully saturated rings. The number of benzene rings is 2. The van der Waals surface area contributed by atoms with E-state index in [-0.39, 0.29) is 11.4 Å². The summed E-state index contributed by atoms with van der Waals surface area (Å²) >= 11 is 0. The molecule has 4 nitrogen and oxygen atoms in total. The summed E-state index contributed by atoms with van der Waals surface area (Å²) in [5.74, 6) is -0.926. The molecule has 8 heteroatoms. The smallest absolute Gasteiger partial charge is 0.324 e. The molecule has 0 saturated heterocycles. The number of aromatic nitrogens is 2. The summed E-state index contributed by atoms with van der Waals surface area (Å²) in [4.78, 5) is 11.4. The van der Waals surface area contributed by atoms with Crippen molar-refractivity contribution in [1.29, 1.82) is 0 Å². The molecule has 0 saturated carbocycles. The van der Waals surface area contributed by atoms with Crippen molar-refractivity contribution in [1.82, 2.24) is 9.78 Å². The number of alkyl halides is 3. The van der Waals surface area contributed by atoms with Crippen LogP contribution >= 0.6 is 0 Å². The van der Waals surface area contributed by atoms with Gasteiger partial charge >= 0.3 is 6.18 Å². The average Bonchev–Trinajstić information content (AvgIpc) is 2.95. The lowest BCUT2D eigenvalue weighted by Gasteiger charge is -2.18. The van der Waals surface area contributed by atoms with Crippen LogP contribution in [0.25, 0.3) is 16.9 Å². The van der Waals surface area contributed by atoms with E-state index in [0.29, 0.717) is 17.0 Å². The molecule has 0 bridgehead atoms. The number of para-hydroxylation sites is 1. The summed E-state index contributed by atoms with van der Waals surface area (Å²) < 4.78 is 54.9. The minimum absolute atomic E-state index is 0.00539. The molecule has 1 heterocycles. The average molecular weight is 377 g/mol. The fourth-order valence-electron chi connectivity index (χ4n) is 2.75. The van der Waals surface area contributed by atoms with Crippen LogP contribution in [0.3, 0.4) is 0 Å². The molecule has 0 aliphatic heterocycles. The molecule has 0 atom stereocenters. The lowest BCUT2D eigenvalue weighted by molar-refractivity contribution is -0.137. The van der Waals surface area contributed by atoms with Crippen molar-refractivity contribution in [3.05, 3.63) is 65.6 Å². The van der Waals surface area contributed by atoms with Crippen molar-refractivity contribution in [2.24, 2.45) is 0 Å². The maximum Gasteiger partial charge on any atom is 0.418 e. The van der Waals surface area contributed by atoms with Crippen molar-refractivity contribution >= 4 is 11.6 Å². The normalized spacial score (nSPS) is 11.5. The predicted molar refractivity (Wildman–Crippen MR) is 93.0 cm³/mol. The third kappa shape index (κ3) is 3.84. The molecule has 0 aliphatic carbocycles. The summed E-state index contributed by atoms with van der Waals surface area (Å²) in [6.45, 7) is 2.81. The van der Waals surface area contributed by atoms with Crippen molar-refractivity contribution in [3.63, 3.8) is 0 Å². The van der Waals surface area contributed by atoms with E-state index >= 15 is 0 Å². The topological polar surface area (TPSA) is 46.9 Å². The van der Waals surface area contributed by atoms with E-state index in [1.807, 2.05) is 0 Å². The zero-order valence-corrected chi connectivity index (χ0v) is 14.4. The van der Waals surface area contributed by atoms with E-state index in [9.17, 15) is 22.4 Å². The molecule has 3 rings (SSSR count). The number of hydrogen-bond donors (Lipinski definition) is 1. The second-order valence-corrected chi connectivity index (χ2v) is 5.97. The van der Waals surface area contributed by atoms with Crippen LogP contribution in [0.4, 0.5) is 23.2 Å². The monoisotopic (exact) mass is 377 g/mol. The molecular formula is C19H15F4N3O. The Balaban J connectivity index is 2.21. The lowest BCUT2D eigenvalue weighted by atomic mass is 10.1. The van der Waals surface area contributed by atoms with Crippen molar-refractivity contribution in [3.8, 4) is 16.9 Å². The molecule has 0 unspecified atom stereocenters. The van der Waals surface area contributed by atoms with Gasteiger partial charge in [0.15, 0.2) is 0 Å². The number of hydrogen-bond acceptors (Lipinski definition) is 2. The molecule has 2 aromatic carbocycles. The zero-order chi connectivity index (χ0) is 19.8. The number of aryl methyl sites for hydroxylation is 1. The SMILES string of the molecule is CC(=O)Nc1cccc(C(F)(F)F)c1-n1nc(-c2ccc(F)cc2)cc1C. The van der Waals surface area contributed by atoms with Gasteiger partial charge < -0.3 is 5.32 Å². The van der Waals surface area contributed by atoms with E-state index in [4.69, 9.17) is 0 Å². The summed E-state index contributed by atoms with van der Waals surface area (Å²) in [6, 6.07) is 10.6. The zero-order valence-electron chi connectivity index (χ0n) is 14.4. The van der Waals surface area contributed by atoms with Crippen molar-refractivity contribution in [2.45, 2.75) is 20.0 Å². The summed E-state index contributed by atoms with van der Waals surface area (Å²) in [7, 11) is 0. The highest BCUT2D eigenvalue weighted by atomic mass is 19.4. The van der Waals surface area contributed by atoms with Gasteiger partial charge in [-0.15, -0.1) is 0 Å². The fourth-order valence-corrected chi connectivity index (χ4v) is 2.75. The Labute approximate surface area is 152 Å². The van der Waals surface area contributed by atoms with Gasteiger partial charge in [0.1, 0.15) is 11.5 Å². The molecule has 1 aromatic heterocycles. The molecule has 0 spiro atoms. The number of halogens is 4. The van der Waals surface area contributed by atoms with E-state index in [2.05, 4.69) is 10.4 Å². The number of amides is 1. The molecule has 1 amide bonds. The van der Waals surface area contributed by atoms with Crippen LogP contribution in [0.5, 0.6) is 0 Å². The fraction of sp³-hybridized carbons (Fsp3) is 0.158. The largest absolute Gasteiger partial charge is 0.418 e. The first-order chi connectivity index (χ1) is 12.7. The van der Waals surface area contributed by atoms with Gasteiger partial charge in [-0.3, -0.25) is 4.79 Å². The Kier molecular flexibility index (Phi) is 4.73. The third-order valence-corrected chi connectivity index (χ3v) is 3.89. The summed E-state index contributed by atoms with van der Waals surface area (Å²) in [6.07, 6.45) is -4.64. The lowest BCUT2D eigenvalue weighted by Crippen LogP contribution is -2.17. The van der Waals surface area contributed by atoms with Crippen LogP contribution in [0.2, 0.25) is 0 Å². The Hall–Kier alpha value is -3.16. The van der Waals surface area contributed by atoms with Crippen molar-refractivity contribution < 1.29 is 22.4 Å². The van der Waals surface area contributed by atoms with E-state index in [1.54, 1.807) is 13.0 Å². The molecule has 0 aliphatic rings. The van der Waals surface area contributed by atoms with Gasteiger partial charge in [0.05, 0.1) is 16.9 Å². The van der Waals surface area contributed by atoms with E-state index in [1.165, 1.54) is 43.3 Å². The number of nitrogens with one attached hydrogen (secondary N) is 1. The quantitative estimate of drug-likeness (QED) is 0.656. The van der Waals surface area contributed by atoms with Crippen molar-refractivity contribution in [2.75, 3.05) is 5.32 Å². The van der Waals surface area contributed by atoms with E-state index in [0.717, 1.165) is 10.7 Å². The number of carbonyl (C=O) groups is 1. The number of anilines is 1. The molecule has 0 radical (unpaired) electrons. The van der Waals surface area contributed by atoms with Gasteiger partial charge in [0.2, 0.25) is 5.91 Å². The first-order valence-electron chi connectivity index (χ1n) is 7.97. The highest BCUT2D eigenvalue weighted by molar-refractivity contribution is 5.91. The molecule has 3 aromatic rings. The second kappa shape index (κ2) is 6.86. The molecular weight excluding hydrogens is 362 g/mol. The minimum atomic E-state index is -4.64. The van der Waals surface area contributed by atoms with Gasteiger partial charge in [-0.2, -0.15) is 18.3 Å². The van der Waals surface area contributed by atoms with Gasteiger partial charge in [-0.1, -0.05) is 6.07 Å². The first kappa shape index (κ1) is 18.6. The maximum atomic E-state index is 13.6. The highest BCUT2D eigenvalue weighted by Crippen LogP contribution is 2.38. The van der Waals surface area contributed by atoms with Crippen LogP contribution < -0.4 is 5.32 Å². The third-order valence-electron chi connectivity index (χ3n) is 3.89. The van der Waals surface area contributed by atoms with Crippen LogP contribution in [0.1, 0.15) is 18.2 Å². The van der Waals surface area contributed by atoms with Gasteiger partial charge in [-0.25, -0.2) is 9.07 Å². The number of carbonyl (C=O) groups excluding carboxylic acids is 1. The molecule has 27 heavy (non-hydrogen) atoms. The van der Waals surface area contributed by atoms with Crippen LogP contribution in [-0.2, 0) is 11.0 Å². The van der Waals surface area contributed by atoms with Crippen LogP contribution in [0, 0.1) is 12.7 Å². The summed E-state index contributed by atoms with van der Waals surface area (Å²) in [5.41, 5.74) is 0.172. The van der Waals surface area contributed by atoms with E-state index < -0.39 is 23.5 Å². The Morgan fingerprint density at radius 3 is 2.37 bits per heavy atom. The van der Waals surface area contributed by atoms with Gasteiger partial charge in [0, 0.05) is 18.2 Å². The standard InChI is InChI=1S/C19H15F4N3O/c1-11-10-17(13-6-8-14(20)9-7-13)25-26(11)18-15(19(21,22)23)4-3-5-16(18)24-12(2)27/h3-10H,1-2H3,(H,24,27). The predicted octanol–water partition coefficient (Wildman–Crippen LogP) is 4.96. The highest BCUT2D eigenvalue weighted by Gasteiger charge is 2.36. The minimum Gasteiger partial charge on any atom is -0.324 e. The number of rotatable bonds is 3. The van der Waals surface area contributed by atoms with Gasteiger partial charge in [0.25, 0.3) is 0 Å². The first-order valence-corrected chi connectivity index (χ1v) is 7.97. The Bertz CT molecular complexity index is 991. The Morgan fingerprint density at radius 1 is 1.11 bits per heavy atom. The van der Waals surface area contributed by atoms with Crippen LogP contribution in [0.15, 0.2) is 48.5 Å². The van der Waals surface area contributed by atoms with Crippen LogP contribution in [-0.4, -0.2) is 15.7 Å². The number of nitrogens with zero attached hydrogens (tertiary/aromatic N) is 2. The van der Waals surface area contributed by atoms with Gasteiger partial charge in [-0.05, 0) is 49.4 Å². The molecule has 140 valence electrons. The second-order valence-electron chi connectivity index (χ2n) is 5.97. The maximum absolute atomic E-state index is 13.6. The Morgan fingerprint density at radius 2 is 1.78 bits per heavy atom. The molecule has 1 N–H and O–H groups in total. The summed E-state index contributed by atoms with van der Waals surface area (Å²) in [5, 5.41) is 6.68.